The van der Waals surface area contributed by atoms with Crippen LogP contribution < -0.4 is 5.32 Å². The summed E-state index contributed by atoms with van der Waals surface area (Å²) in [5.41, 5.74) is 1.60. The molecule has 0 spiro atoms. The molecule has 0 bridgehead atoms. The van der Waals surface area contributed by atoms with E-state index in [1.54, 1.807) is 6.07 Å². The Morgan fingerprint density at radius 1 is 1.47 bits per heavy atom. The van der Waals surface area contributed by atoms with Gasteiger partial charge in [-0.05, 0) is 41.1 Å². The fourth-order valence-corrected chi connectivity index (χ4v) is 2.73. The Balaban J connectivity index is 2.31. The van der Waals surface area contributed by atoms with Gasteiger partial charge >= 0.3 is 5.97 Å². The monoisotopic (exact) mass is 374 g/mol. The van der Waals surface area contributed by atoms with E-state index in [0.717, 1.165) is 9.13 Å². The number of piperazine rings is 1. The summed E-state index contributed by atoms with van der Waals surface area (Å²) in [6, 6.07) is 4.71. The predicted molar refractivity (Wildman–Crippen MR) is 79.2 cm³/mol. The first-order valence-electron chi connectivity index (χ1n) is 6.02. The quantitative estimate of drug-likeness (QED) is 0.761. The van der Waals surface area contributed by atoms with Crippen LogP contribution in [0.4, 0.5) is 0 Å². The third kappa shape index (κ3) is 2.89. The van der Waals surface area contributed by atoms with E-state index >= 15 is 0 Å². The lowest BCUT2D eigenvalue weighted by atomic mass is 10.1. The number of carboxylic acid groups (broad SMARTS) is 1. The second kappa shape index (κ2) is 5.87. The smallest absolute Gasteiger partial charge is 0.327 e. The fourth-order valence-electron chi connectivity index (χ4n) is 2.14. The zero-order valence-corrected chi connectivity index (χ0v) is 12.7. The molecule has 0 radical (unpaired) electrons. The van der Waals surface area contributed by atoms with Gasteiger partial charge in [-0.2, -0.15) is 0 Å². The largest absolute Gasteiger partial charge is 0.480 e. The number of hydrogen-bond donors (Lipinski definition) is 2. The van der Waals surface area contributed by atoms with Crippen LogP contribution in [0.25, 0.3) is 0 Å². The molecular weight excluding hydrogens is 359 g/mol. The first-order valence-corrected chi connectivity index (χ1v) is 7.10. The number of benzene rings is 1. The second-order valence-corrected chi connectivity index (χ2v) is 5.57. The molecule has 2 rings (SSSR count). The number of halogens is 1. The van der Waals surface area contributed by atoms with Gasteiger partial charge in [-0.3, -0.25) is 4.79 Å². The Morgan fingerprint density at radius 2 is 2.21 bits per heavy atom. The second-order valence-electron chi connectivity index (χ2n) is 4.49. The number of aryl methyl sites for hydroxylation is 1. The topological polar surface area (TPSA) is 69.6 Å². The highest BCUT2D eigenvalue weighted by molar-refractivity contribution is 14.1. The minimum absolute atomic E-state index is 0.206. The molecule has 1 aliphatic rings. The first-order chi connectivity index (χ1) is 9.02. The van der Waals surface area contributed by atoms with Crippen LogP contribution in [0, 0.1) is 10.5 Å². The molecule has 19 heavy (non-hydrogen) atoms. The molecule has 1 aliphatic heterocycles. The maximum Gasteiger partial charge on any atom is 0.327 e. The lowest BCUT2D eigenvalue weighted by Crippen LogP contribution is -2.57. The Labute approximate surface area is 125 Å². The average molecular weight is 374 g/mol. The Kier molecular flexibility index (Phi) is 4.41. The molecule has 1 unspecified atom stereocenters. The summed E-state index contributed by atoms with van der Waals surface area (Å²) in [5, 5.41) is 12.2. The van der Waals surface area contributed by atoms with Crippen LogP contribution in [0.2, 0.25) is 0 Å². The van der Waals surface area contributed by atoms with Crippen molar-refractivity contribution in [2.45, 2.75) is 13.0 Å². The van der Waals surface area contributed by atoms with Gasteiger partial charge < -0.3 is 15.3 Å². The van der Waals surface area contributed by atoms with E-state index < -0.39 is 12.0 Å². The molecule has 5 nitrogen and oxygen atoms in total. The van der Waals surface area contributed by atoms with Gasteiger partial charge in [0.25, 0.3) is 5.91 Å². The van der Waals surface area contributed by atoms with Gasteiger partial charge in [-0.1, -0.05) is 12.1 Å². The van der Waals surface area contributed by atoms with Crippen LogP contribution in [0.5, 0.6) is 0 Å². The van der Waals surface area contributed by atoms with Crippen molar-refractivity contribution in [3.63, 3.8) is 0 Å². The van der Waals surface area contributed by atoms with E-state index in [9.17, 15) is 14.7 Å². The summed E-state index contributed by atoms with van der Waals surface area (Å²) >= 11 is 2.13. The van der Waals surface area contributed by atoms with Crippen molar-refractivity contribution in [3.8, 4) is 0 Å². The van der Waals surface area contributed by atoms with Gasteiger partial charge in [0.05, 0.1) is 5.56 Å². The predicted octanol–water partition coefficient (Wildman–Crippen LogP) is 1.10. The number of carbonyl (C=O) groups is 2. The molecule has 0 aromatic heterocycles. The lowest BCUT2D eigenvalue weighted by molar-refractivity contribution is -0.142. The summed E-state index contributed by atoms with van der Waals surface area (Å²) < 4.78 is 0.882. The van der Waals surface area contributed by atoms with E-state index in [0.29, 0.717) is 25.2 Å². The Bertz CT molecular complexity index is 519. The fraction of sp³-hybridized carbons (Fsp3) is 0.385. The number of nitrogens with zero attached hydrogens (tertiary/aromatic N) is 1. The minimum atomic E-state index is -0.969. The minimum Gasteiger partial charge on any atom is -0.480 e. The van der Waals surface area contributed by atoms with Crippen molar-refractivity contribution in [3.05, 3.63) is 32.9 Å². The van der Waals surface area contributed by atoms with Crippen molar-refractivity contribution in [2.75, 3.05) is 19.6 Å². The molecule has 102 valence electrons. The summed E-state index contributed by atoms with van der Waals surface area (Å²) in [6.45, 7) is 3.27. The van der Waals surface area contributed by atoms with Gasteiger partial charge in [-0.15, -0.1) is 0 Å². The number of aliphatic carboxylic acids is 1. The van der Waals surface area contributed by atoms with Crippen molar-refractivity contribution < 1.29 is 14.7 Å². The SMILES string of the molecule is Cc1cccc(C(=O)N2CCNCC2C(=O)O)c1I. The van der Waals surface area contributed by atoms with E-state index in [-0.39, 0.29) is 5.91 Å². The molecule has 0 saturated carbocycles. The van der Waals surface area contributed by atoms with Crippen LogP contribution in [-0.4, -0.2) is 47.6 Å². The number of carboxylic acids is 1. The standard InChI is InChI=1S/C13H15IN2O3/c1-8-3-2-4-9(11(8)14)12(17)16-6-5-15-7-10(16)13(18)19/h2-4,10,15H,5-7H2,1H3,(H,18,19). The molecule has 2 N–H and O–H groups in total. The van der Waals surface area contributed by atoms with Gasteiger partial charge in [0, 0.05) is 23.2 Å². The molecule has 1 aromatic carbocycles. The molecular formula is C13H15IN2O3. The Morgan fingerprint density at radius 3 is 2.89 bits per heavy atom. The van der Waals surface area contributed by atoms with Crippen LogP contribution in [0.1, 0.15) is 15.9 Å². The first kappa shape index (κ1) is 14.3. The highest BCUT2D eigenvalue weighted by Gasteiger charge is 2.33. The van der Waals surface area contributed by atoms with Crippen molar-refractivity contribution >= 4 is 34.5 Å². The van der Waals surface area contributed by atoms with E-state index in [1.165, 1.54) is 4.90 Å². The molecule has 1 fully saturated rings. The summed E-state index contributed by atoms with van der Waals surface area (Å²) in [7, 11) is 0. The highest BCUT2D eigenvalue weighted by Crippen LogP contribution is 2.20. The van der Waals surface area contributed by atoms with E-state index in [4.69, 9.17) is 0 Å². The maximum atomic E-state index is 12.5. The summed E-state index contributed by atoms with van der Waals surface area (Å²) in [5.74, 6) is -1.18. The molecule has 1 atom stereocenters. The molecule has 0 aliphatic carbocycles. The third-order valence-electron chi connectivity index (χ3n) is 3.21. The number of amides is 1. The van der Waals surface area contributed by atoms with Crippen LogP contribution >= 0.6 is 22.6 Å². The number of rotatable bonds is 2. The molecule has 6 heteroatoms. The van der Waals surface area contributed by atoms with Gasteiger partial charge in [0.1, 0.15) is 6.04 Å². The summed E-state index contributed by atoms with van der Waals surface area (Å²) in [6.07, 6.45) is 0. The average Bonchev–Trinajstić information content (AvgIpc) is 2.41. The van der Waals surface area contributed by atoms with E-state index in [2.05, 4.69) is 27.9 Å². The van der Waals surface area contributed by atoms with Gasteiger partial charge in [-0.25, -0.2) is 4.79 Å². The van der Waals surface area contributed by atoms with Crippen molar-refractivity contribution in [1.82, 2.24) is 10.2 Å². The number of carbonyl (C=O) groups excluding carboxylic acids is 1. The third-order valence-corrected chi connectivity index (χ3v) is 4.64. The summed E-state index contributed by atoms with van der Waals surface area (Å²) in [4.78, 5) is 25.2. The Hall–Kier alpha value is -1.15. The molecule has 1 amide bonds. The number of nitrogens with one attached hydrogen (secondary N) is 1. The van der Waals surface area contributed by atoms with Crippen LogP contribution in [0.15, 0.2) is 18.2 Å². The molecule has 1 aromatic rings. The highest BCUT2D eigenvalue weighted by atomic mass is 127. The van der Waals surface area contributed by atoms with Crippen LogP contribution in [-0.2, 0) is 4.79 Å². The van der Waals surface area contributed by atoms with Crippen LogP contribution in [0.3, 0.4) is 0 Å². The van der Waals surface area contributed by atoms with E-state index in [1.807, 2.05) is 19.1 Å². The van der Waals surface area contributed by atoms with Gasteiger partial charge in [0.2, 0.25) is 0 Å². The molecule has 1 saturated heterocycles. The van der Waals surface area contributed by atoms with Crippen molar-refractivity contribution in [2.24, 2.45) is 0 Å². The molecule has 1 heterocycles. The van der Waals surface area contributed by atoms with Crippen molar-refractivity contribution in [1.29, 1.82) is 0 Å². The van der Waals surface area contributed by atoms with Gasteiger partial charge in [0.15, 0.2) is 0 Å². The zero-order valence-electron chi connectivity index (χ0n) is 10.5. The number of hydrogen-bond acceptors (Lipinski definition) is 3. The zero-order chi connectivity index (χ0) is 14.0. The maximum absolute atomic E-state index is 12.5. The lowest BCUT2D eigenvalue weighted by Gasteiger charge is -2.33. The normalized spacial score (nSPS) is 19.3.